The number of hydrogen-bond acceptors (Lipinski definition) is 3. The molecule has 1 unspecified atom stereocenters. The lowest BCUT2D eigenvalue weighted by Gasteiger charge is -2.09. The van der Waals surface area contributed by atoms with Crippen LogP contribution in [0.3, 0.4) is 0 Å². The van der Waals surface area contributed by atoms with Gasteiger partial charge in [-0.2, -0.15) is 0 Å². The summed E-state index contributed by atoms with van der Waals surface area (Å²) in [6.45, 7) is 0.923. The molecule has 94 valence electrons. The van der Waals surface area contributed by atoms with E-state index in [4.69, 9.17) is 11.6 Å². The minimum Gasteiger partial charge on any atom is -0.476 e. The van der Waals surface area contributed by atoms with E-state index >= 15 is 0 Å². The van der Waals surface area contributed by atoms with Gasteiger partial charge in [-0.1, -0.05) is 17.7 Å². The number of carboxylic acids is 1. The molecule has 0 spiro atoms. The highest BCUT2D eigenvalue weighted by Crippen LogP contribution is 2.27. The Bertz CT molecular complexity index is 617. The number of aromatic nitrogens is 2. The number of halogens is 1. The van der Waals surface area contributed by atoms with Crippen molar-refractivity contribution in [2.75, 3.05) is 6.54 Å². The largest absolute Gasteiger partial charge is 0.476 e. The summed E-state index contributed by atoms with van der Waals surface area (Å²) in [5, 5.41) is 13.0. The summed E-state index contributed by atoms with van der Waals surface area (Å²) in [6, 6.07) is 5.27. The quantitative estimate of drug-likeness (QED) is 0.816. The van der Waals surface area contributed by atoms with Crippen LogP contribution in [-0.2, 0) is 0 Å². The van der Waals surface area contributed by atoms with Crippen molar-refractivity contribution in [1.82, 2.24) is 14.7 Å². The van der Waals surface area contributed by atoms with Crippen LogP contribution in [0.2, 0.25) is 5.15 Å². The fraction of sp³-hybridized carbons (Fsp3) is 0.333. The molecule has 0 aromatic carbocycles. The third-order valence-electron chi connectivity index (χ3n) is 3.22. The lowest BCUT2D eigenvalue weighted by atomic mass is 10.2. The summed E-state index contributed by atoms with van der Waals surface area (Å²) in [5.41, 5.74) is 0.597. The van der Waals surface area contributed by atoms with Gasteiger partial charge in [0.1, 0.15) is 11.0 Å². The zero-order chi connectivity index (χ0) is 12.7. The predicted molar refractivity (Wildman–Crippen MR) is 67.1 cm³/mol. The number of imidazole rings is 1. The number of carboxylic acid groups (broad SMARTS) is 1. The van der Waals surface area contributed by atoms with Crippen LogP contribution >= 0.6 is 11.6 Å². The van der Waals surface area contributed by atoms with Gasteiger partial charge < -0.3 is 10.4 Å². The van der Waals surface area contributed by atoms with Gasteiger partial charge >= 0.3 is 5.97 Å². The van der Waals surface area contributed by atoms with Gasteiger partial charge in [-0.15, -0.1) is 0 Å². The molecule has 5 nitrogen and oxygen atoms in total. The molecule has 3 heterocycles. The first kappa shape index (κ1) is 11.5. The third kappa shape index (κ3) is 1.67. The van der Waals surface area contributed by atoms with Crippen molar-refractivity contribution in [2.24, 2.45) is 0 Å². The van der Waals surface area contributed by atoms with E-state index in [0.717, 1.165) is 19.4 Å². The van der Waals surface area contributed by atoms with Gasteiger partial charge in [0.25, 0.3) is 0 Å². The number of rotatable bonds is 2. The van der Waals surface area contributed by atoms with Crippen LogP contribution < -0.4 is 5.32 Å². The molecular formula is C12H12ClN3O2. The third-order valence-corrected chi connectivity index (χ3v) is 3.51. The summed E-state index contributed by atoms with van der Waals surface area (Å²) < 4.78 is 1.72. The van der Waals surface area contributed by atoms with Crippen LogP contribution in [-0.4, -0.2) is 27.0 Å². The van der Waals surface area contributed by atoms with Crippen molar-refractivity contribution < 1.29 is 9.90 Å². The van der Waals surface area contributed by atoms with E-state index in [1.165, 1.54) is 0 Å². The average molecular weight is 266 g/mol. The number of hydrogen-bond donors (Lipinski definition) is 2. The van der Waals surface area contributed by atoms with Crippen molar-refractivity contribution in [3.8, 4) is 0 Å². The van der Waals surface area contributed by atoms with Crippen molar-refractivity contribution in [2.45, 2.75) is 18.9 Å². The van der Waals surface area contributed by atoms with Crippen molar-refractivity contribution in [3.05, 3.63) is 34.9 Å². The summed E-state index contributed by atoms with van der Waals surface area (Å²) >= 11 is 6.16. The van der Waals surface area contributed by atoms with Gasteiger partial charge in [-0.25, -0.2) is 9.78 Å². The molecule has 1 aliphatic heterocycles. The van der Waals surface area contributed by atoms with Crippen LogP contribution in [0.4, 0.5) is 0 Å². The van der Waals surface area contributed by atoms with Gasteiger partial charge in [0.2, 0.25) is 0 Å². The maximum atomic E-state index is 11.2. The fourth-order valence-electron chi connectivity index (χ4n) is 2.42. The molecule has 0 bridgehead atoms. The Morgan fingerprint density at radius 3 is 3.06 bits per heavy atom. The van der Waals surface area contributed by atoms with Gasteiger partial charge in [0.15, 0.2) is 5.69 Å². The second-order valence-electron chi connectivity index (χ2n) is 4.34. The molecule has 0 amide bonds. The molecule has 6 heteroatoms. The van der Waals surface area contributed by atoms with E-state index in [2.05, 4.69) is 10.3 Å². The molecule has 0 radical (unpaired) electrons. The second kappa shape index (κ2) is 4.26. The number of fused-ring (bicyclic) bond motifs is 1. The topological polar surface area (TPSA) is 66.6 Å². The minimum absolute atomic E-state index is 0.0567. The Kier molecular flexibility index (Phi) is 2.72. The van der Waals surface area contributed by atoms with E-state index in [9.17, 15) is 9.90 Å². The van der Waals surface area contributed by atoms with E-state index in [-0.39, 0.29) is 11.7 Å². The average Bonchev–Trinajstić information content (AvgIpc) is 2.95. The lowest BCUT2D eigenvalue weighted by Crippen LogP contribution is -2.16. The smallest absolute Gasteiger partial charge is 0.356 e. The van der Waals surface area contributed by atoms with E-state index in [1.54, 1.807) is 22.6 Å². The van der Waals surface area contributed by atoms with Crippen molar-refractivity contribution in [3.63, 3.8) is 0 Å². The summed E-state index contributed by atoms with van der Waals surface area (Å²) in [6.07, 6.45) is 2.01. The molecule has 2 aromatic rings. The highest BCUT2D eigenvalue weighted by Gasteiger charge is 2.25. The number of aromatic carboxylic acids is 1. The van der Waals surface area contributed by atoms with Gasteiger partial charge in [0, 0.05) is 0 Å². The molecule has 1 fully saturated rings. The first-order chi connectivity index (χ1) is 8.68. The van der Waals surface area contributed by atoms with Gasteiger partial charge in [-0.3, -0.25) is 4.40 Å². The number of nitrogens with zero attached hydrogens (tertiary/aromatic N) is 2. The standard InChI is InChI=1S/C12H12ClN3O2/c13-9-5-1-4-8-10(12(17)18)15-11(16(8)9)7-3-2-6-14-7/h1,4-5,7,14H,2-3,6H2,(H,17,18). The number of pyridine rings is 1. The predicted octanol–water partition coefficient (Wildman–Crippen LogP) is 2.11. The monoisotopic (exact) mass is 265 g/mol. The Morgan fingerprint density at radius 1 is 1.56 bits per heavy atom. The van der Waals surface area contributed by atoms with E-state index in [0.29, 0.717) is 16.5 Å². The summed E-state index contributed by atoms with van der Waals surface area (Å²) in [7, 11) is 0. The van der Waals surface area contributed by atoms with Crippen LogP contribution in [0.15, 0.2) is 18.2 Å². The number of nitrogens with one attached hydrogen (secondary N) is 1. The minimum atomic E-state index is -1.03. The van der Waals surface area contributed by atoms with Gasteiger partial charge in [-0.05, 0) is 31.5 Å². The summed E-state index contributed by atoms with van der Waals surface area (Å²) in [4.78, 5) is 15.5. The van der Waals surface area contributed by atoms with Crippen LogP contribution in [0, 0.1) is 0 Å². The molecule has 1 saturated heterocycles. The Balaban J connectivity index is 2.27. The molecular weight excluding hydrogens is 254 g/mol. The zero-order valence-corrected chi connectivity index (χ0v) is 10.3. The Labute approximate surface area is 108 Å². The first-order valence-corrected chi connectivity index (χ1v) is 6.20. The van der Waals surface area contributed by atoms with E-state index in [1.807, 2.05) is 0 Å². The fourth-order valence-corrected chi connectivity index (χ4v) is 2.67. The van der Waals surface area contributed by atoms with Crippen molar-refractivity contribution in [1.29, 1.82) is 0 Å². The zero-order valence-electron chi connectivity index (χ0n) is 9.56. The first-order valence-electron chi connectivity index (χ1n) is 5.82. The van der Waals surface area contributed by atoms with E-state index < -0.39 is 5.97 Å². The Morgan fingerprint density at radius 2 is 2.39 bits per heavy atom. The maximum Gasteiger partial charge on any atom is 0.356 e. The molecule has 2 aromatic heterocycles. The highest BCUT2D eigenvalue weighted by atomic mass is 35.5. The van der Waals surface area contributed by atoms with Crippen molar-refractivity contribution >= 4 is 23.1 Å². The maximum absolute atomic E-state index is 11.2. The Hall–Kier alpha value is -1.59. The van der Waals surface area contributed by atoms with Crippen LogP contribution in [0.5, 0.6) is 0 Å². The SMILES string of the molecule is O=C(O)c1nc(C2CCCN2)n2c(Cl)cccc12. The highest BCUT2D eigenvalue weighted by molar-refractivity contribution is 6.29. The molecule has 0 saturated carbocycles. The number of carbonyl (C=O) groups is 1. The normalized spacial score (nSPS) is 19.5. The van der Waals surface area contributed by atoms with Gasteiger partial charge in [0.05, 0.1) is 11.6 Å². The molecule has 1 atom stereocenters. The molecule has 0 aliphatic carbocycles. The molecule has 2 N–H and O–H groups in total. The van der Waals surface area contributed by atoms with Crippen LogP contribution in [0.1, 0.15) is 35.2 Å². The summed E-state index contributed by atoms with van der Waals surface area (Å²) in [5.74, 6) is -0.343. The second-order valence-corrected chi connectivity index (χ2v) is 4.73. The lowest BCUT2D eigenvalue weighted by molar-refractivity contribution is 0.0693. The molecule has 18 heavy (non-hydrogen) atoms. The van der Waals surface area contributed by atoms with Crippen LogP contribution in [0.25, 0.3) is 5.52 Å². The molecule has 3 rings (SSSR count). The molecule has 1 aliphatic rings.